The van der Waals surface area contributed by atoms with E-state index < -0.39 is 8.69 Å². The van der Waals surface area contributed by atoms with Crippen molar-refractivity contribution in [1.82, 2.24) is 0 Å². The first kappa shape index (κ1) is 15.2. The first-order chi connectivity index (χ1) is 7.29. The van der Waals surface area contributed by atoms with Gasteiger partial charge in [-0.1, -0.05) is 52.9 Å². The van der Waals surface area contributed by atoms with E-state index in [1.807, 2.05) is 0 Å². The van der Waals surface area contributed by atoms with Crippen molar-refractivity contribution in [3.8, 4) is 0 Å². The lowest BCUT2D eigenvalue weighted by Gasteiger charge is -2.24. The van der Waals surface area contributed by atoms with E-state index in [4.69, 9.17) is 4.52 Å². The van der Waals surface area contributed by atoms with Crippen LogP contribution in [0.1, 0.15) is 65.7 Å². The minimum Gasteiger partial charge on any atom is -0.329 e. The summed E-state index contributed by atoms with van der Waals surface area (Å²) >= 11 is 0. The highest BCUT2D eigenvalue weighted by atomic mass is 31.1. The fourth-order valence-electron chi connectivity index (χ4n) is 2.01. The lowest BCUT2D eigenvalue weighted by Crippen LogP contribution is -2.20. The van der Waals surface area contributed by atoms with Gasteiger partial charge in [-0.2, -0.15) is 0 Å². The van der Waals surface area contributed by atoms with Crippen LogP contribution in [0, 0.1) is 5.92 Å². The van der Waals surface area contributed by atoms with Gasteiger partial charge in [0.1, 0.15) is 0 Å². The monoisotopic (exact) mass is 234 g/mol. The van der Waals surface area contributed by atoms with Gasteiger partial charge < -0.3 is 4.52 Å². The average Bonchev–Trinajstić information content (AvgIpc) is 2.26. The van der Waals surface area contributed by atoms with Crippen molar-refractivity contribution in [2.75, 3.05) is 0 Å². The largest absolute Gasteiger partial charge is 0.329 e. The quantitative estimate of drug-likeness (QED) is 0.522. The van der Waals surface area contributed by atoms with Crippen LogP contribution in [0.4, 0.5) is 0 Å². The predicted molar refractivity (Wildman–Crippen MR) is 68.1 cm³/mol. The van der Waals surface area contributed by atoms with E-state index in [-0.39, 0.29) is 6.10 Å². The van der Waals surface area contributed by atoms with Crippen LogP contribution < -0.4 is 0 Å². The zero-order valence-corrected chi connectivity index (χ0v) is 11.7. The maximum atomic E-state index is 10.7. The highest BCUT2D eigenvalue weighted by Crippen LogP contribution is 2.26. The molecule has 0 radical (unpaired) electrons. The van der Waals surface area contributed by atoms with Crippen molar-refractivity contribution in [1.29, 1.82) is 0 Å². The van der Waals surface area contributed by atoms with Gasteiger partial charge in [0.15, 0.2) is 8.69 Å². The normalized spacial score (nSPS) is 15.9. The number of hydrogen-bond donors (Lipinski definition) is 0. The molecule has 0 heterocycles. The fourth-order valence-corrected chi connectivity index (χ4v) is 2.51. The summed E-state index contributed by atoms with van der Waals surface area (Å²) in [5, 5.41) is 0. The third-order valence-electron chi connectivity index (χ3n) is 3.05. The highest BCUT2D eigenvalue weighted by Gasteiger charge is 2.19. The lowest BCUT2D eigenvalue weighted by molar-refractivity contribution is 0.126. The van der Waals surface area contributed by atoms with Crippen molar-refractivity contribution >= 4 is 8.69 Å². The van der Waals surface area contributed by atoms with Crippen LogP contribution in [0.3, 0.4) is 0 Å². The van der Waals surface area contributed by atoms with E-state index in [2.05, 4.69) is 20.8 Å². The Labute approximate surface area is 96.1 Å². The van der Waals surface area contributed by atoms with Crippen molar-refractivity contribution in [2.45, 2.75) is 71.8 Å². The molecule has 0 N–H and O–H groups in total. The Morgan fingerprint density at radius 2 is 1.67 bits per heavy atom. The van der Waals surface area contributed by atoms with Crippen molar-refractivity contribution in [3.63, 3.8) is 0 Å². The van der Waals surface area contributed by atoms with Gasteiger partial charge in [-0.3, -0.25) is 4.57 Å². The van der Waals surface area contributed by atoms with Gasteiger partial charge in [0.05, 0.1) is 6.10 Å². The van der Waals surface area contributed by atoms with Crippen LogP contribution in [-0.4, -0.2) is 6.10 Å². The molecule has 3 heteroatoms. The minimum atomic E-state index is -1.04. The topological polar surface area (TPSA) is 26.3 Å². The highest BCUT2D eigenvalue weighted by molar-refractivity contribution is 7.17. The van der Waals surface area contributed by atoms with Crippen LogP contribution >= 0.6 is 8.69 Å². The Hall–Kier alpha value is 0.190. The summed E-state index contributed by atoms with van der Waals surface area (Å²) in [7, 11) is -1.04. The SMILES string of the molecule is CCCCC(CC)C(CCCC)O[PH2]=O. The minimum absolute atomic E-state index is 0.244. The Kier molecular flexibility index (Phi) is 10.8. The van der Waals surface area contributed by atoms with Crippen LogP contribution in [0.15, 0.2) is 0 Å². The Balaban J connectivity index is 4.06. The van der Waals surface area contributed by atoms with Crippen LogP contribution in [0.5, 0.6) is 0 Å². The molecule has 0 fully saturated rings. The zero-order valence-electron chi connectivity index (χ0n) is 10.5. The summed E-state index contributed by atoms with van der Waals surface area (Å²) < 4.78 is 16.1. The second-order valence-electron chi connectivity index (χ2n) is 4.22. The summed E-state index contributed by atoms with van der Waals surface area (Å²) in [5.74, 6) is 0.609. The summed E-state index contributed by atoms with van der Waals surface area (Å²) in [6, 6.07) is 0. The maximum Gasteiger partial charge on any atom is 0.180 e. The third-order valence-corrected chi connectivity index (χ3v) is 3.51. The van der Waals surface area contributed by atoms with E-state index in [9.17, 15) is 4.57 Å². The molecule has 15 heavy (non-hydrogen) atoms. The summed E-state index contributed by atoms with van der Waals surface area (Å²) in [5.41, 5.74) is 0. The molecule has 92 valence electrons. The molecule has 0 saturated carbocycles. The van der Waals surface area contributed by atoms with Gasteiger partial charge in [0.2, 0.25) is 0 Å². The van der Waals surface area contributed by atoms with Crippen molar-refractivity contribution in [3.05, 3.63) is 0 Å². The third kappa shape index (κ3) is 7.14. The van der Waals surface area contributed by atoms with Crippen LogP contribution in [-0.2, 0) is 9.09 Å². The maximum absolute atomic E-state index is 10.7. The number of rotatable bonds is 10. The lowest BCUT2D eigenvalue weighted by atomic mass is 9.90. The van der Waals surface area contributed by atoms with Crippen molar-refractivity contribution < 1.29 is 9.09 Å². The Morgan fingerprint density at radius 3 is 2.13 bits per heavy atom. The molecule has 2 nitrogen and oxygen atoms in total. The molecular weight excluding hydrogens is 207 g/mol. The molecule has 3 unspecified atom stereocenters. The molecule has 0 bridgehead atoms. The van der Waals surface area contributed by atoms with E-state index in [0.29, 0.717) is 5.92 Å². The van der Waals surface area contributed by atoms with E-state index in [0.717, 1.165) is 12.8 Å². The summed E-state index contributed by atoms with van der Waals surface area (Å²) in [6.07, 6.45) is 8.57. The van der Waals surface area contributed by atoms with Crippen LogP contribution in [0.2, 0.25) is 0 Å². The molecule has 0 aliphatic heterocycles. The van der Waals surface area contributed by atoms with Gasteiger partial charge in [-0.25, -0.2) is 0 Å². The molecule has 0 saturated heterocycles. The number of unbranched alkanes of at least 4 members (excludes halogenated alkanes) is 2. The fraction of sp³-hybridized carbons (Fsp3) is 1.00. The zero-order chi connectivity index (χ0) is 11.5. The molecule has 0 amide bonds. The molecule has 0 aromatic carbocycles. The predicted octanol–water partition coefficient (Wildman–Crippen LogP) is 4.45. The van der Waals surface area contributed by atoms with Gasteiger partial charge in [-0.05, 0) is 18.8 Å². The first-order valence-electron chi connectivity index (χ1n) is 6.39. The average molecular weight is 234 g/mol. The summed E-state index contributed by atoms with van der Waals surface area (Å²) in [6.45, 7) is 6.62. The van der Waals surface area contributed by atoms with Crippen molar-refractivity contribution in [2.24, 2.45) is 5.92 Å². The first-order valence-corrected chi connectivity index (χ1v) is 7.33. The van der Waals surface area contributed by atoms with Gasteiger partial charge in [-0.15, -0.1) is 0 Å². The second kappa shape index (κ2) is 10.7. The van der Waals surface area contributed by atoms with Gasteiger partial charge >= 0.3 is 0 Å². The molecule has 0 aliphatic rings. The Morgan fingerprint density at radius 1 is 1.07 bits per heavy atom. The van der Waals surface area contributed by atoms with E-state index in [1.54, 1.807) is 0 Å². The molecule has 0 spiro atoms. The van der Waals surface area contributed by atoms with E-state index in [1.165, 1.54) is 32.1 Å². The standard InChI is InChI=1S/C12H27O2P/c1-4-7-9-11(6-3)12(14-15-13)10-8-5-2/h11-12H,4-10,15H2,1-3H3. The molecule has 0 rings (SSSR count). The Bertz CT molecular complexity index is 151. The van der Waals surface area contributed by atoms with Crippen LogP contribution in [0.25, 0.3) is 0 Å². The molecular formula is C12H27O2P. The smallest absolute Gasteiger partial charge is 0.180 e. The molecule has 0 aromatic heterocycles. The van der Waals surface area contributed by atoms with E-state index >= 15 is 0 Å². The molecule has 0 aromatic rings. The second-order valence-corrected chi connectivity index (χ2v) is 4.69. The number of hydrogen-bond acceptors (Lipinski definition) is 2. The van der Waals surface area contributed by atoms with Gasteiger partial charge in [0, 0.05) is 0 Å². The molecule has 0 aliphatic carbocycles. The molecule has 3 atom stereocenters. The summed E-state index contributed by atoms with van der Waals surface area (Å²) in [4.78, 5) is 0. The van der Waals surface area contributed by atoms with Gasteiger partial charge in [0.25, 0.3) is 0 Å².